The normalized spacial score (nSPS) is 10.3. The third-order valence-corrected chi connectivity index (χ3v) is 3.48. The number of carbonyl (C=O) groups excluding carboxylic acids is 1. The average Bonchev–Trinajstić information content (AvgIpc) is 2.36. The maximum Gasteiger partial charge on any atom is 0.338 e. The zero-order valence-electron chi connectivity index (χ0n) is 9.57. The van der Waals surface area contributed by atoms with Crippen LogP contribution in [0.25, 0.3) is 0 Å². The van der Waals surface area contributed by atoms with E-state index in [1.165, 1.54) is 12.1 Å². The molecule has 0 saturated heterocycles. The molecule has 1 aromatic heterocycles. The number of aromatic nitrogens is 1. The van der Waals surface area contributed by atoms with Gasteiger partial charge >= 0.3 is 5.97 Å². The highest BCUT2D eigenvalue weighted by Gasteiger charge is 2.11. The lowest BCUT2D eigenvalue weighted by molar-refractivity contribution is 0.0472. The molecule has 0 aliphatic heterocycles. The Labute approximate surface area is 128 Å². The van der Waals surface area contributed by atoms with Gasteiger partial charge in [0, 0.05) is 10.0 Å². The number of ether oxygens (including phenoxy) is 1. The lowest BCUT2D eigenvalue weighted by Crippen LogP contribution is -2.06. The predicted octanol–water partition coefficient (Wildman–Crippen LogP) is 4.51. The van der Waals surface area contributed by atoms with E-state index in [0.717, 1.165) is 10.0 Å². The van der Waals surface area contributed by atoms with Gasteiger partial charge in [-0.25, -0.2) is 9.78 Å². The van der Waals surface area contributed by atoms with Crippen LogP contribution in [0.5, 0.6) is 0 Å². The van der Waals surface area contributed by atoms with E-state index in [1.54, 1.807) is 0 Å². The number of rotatable bonds is 3. The highest BCUT2D eigenvalue weighted by atomic mass is 79.9. The van der Waals surface area contributed by atoms with E-state index in [9.17, 15) is 4.79 Å². The number of carbonyl (C=O) groups is 1. The van der Waals surface area contributed by atoms with E-state index < -0.39 is 5.97 Å². The van der Waals surface area contributed by atoms with Gasteiger partial charge in [-0.15, -0.1) is 0 Å². The molecule has 3 nitrogen and oxygen atoms in total. The molecule has 1 aromatic carbocycles. The largest absolute Gasteiger partial charge is 0.457 e. The molecule has 0 spiro atoms. The molecule has 0 amide bonds. The first-order chi connectivity index (χ1) is 9.06. The second-order valence-electron chi connectivity index (χ2n) is 3.67. The van der Waals surface area contributed by atoms with Crippen LogP contribution in [-0.4, -0.2) is 11.0 Å². The molecule has 6 heteroatoms. The molecule has 0 unspecified atom stereocenters. The summed E-state index contributed by atoms with van der Waals surface area (Å²) in [5.41, 5.74) is 1.15. The van der Waals surface area contributed by atoms with Gasteiger partial charge in [-0.05, 0) is 18.2 Å². The van der Waals surface area contributed by atoms with Gasteiger partial charge in [-0.2, -0.15) is 0 Å². The van der Waals surface area contributed by atoms with Gasteiger partial charge < -0.3 is 4.74 Å². The van der Waals surface area contributed by atoms with Gasteiger partial charge in [0.2, 0.25) is 0 Å². The molecular formula is C13H8BrCl2NO2. The minimum absolute atomic E-state index is 0.153. The molecule has 0 saturated carbocycles. The summed E-state index contributed by atoms with van der Waals surface area (Å²) in [7, 11) is 0. The number of halogens is 3. The van der Waals surface area contributed by atoms with Gasteiger partial charge in [0.15, 0.2) is 0 Å². The molecule has 2 rings (SSSR count). The summed E-state index contributed by atoms with van der Waals surface area (Å²) >= 11 is 14.8. The molecule has 0 atom stereocenters. The second-order valence-corrected chi connectivity index (χ2v) is 5.30. The Kier molecular flexibility index (Phi) is 4.80. The van der Waals surface area contributed by atoms with Crippen molar-refractivity contribution in [3.63, 3.8) is 0 Å². The first-order valence-electron chi connectivity index (χ1n) is 5.30. The SMILES string of the molecule is O=C(OCc1ccccc1Br)c1cc(Cl)nc(Cl)c1. The first-order valence-corrected chi connectivity index (χ1v) is 6.85. The number of hydrogen-bond acceptors (Lipinski definition) is 3. The second kappa shape index (κ2) is 6.37. The average molecular weight is 361 g/mol. The van der Waals surface area contributed by atoms with Crippen LogP contribution in [0.15, 0.2) is 40.9 Å². The van der Waals surface area contributed by atoms with Crippen LogP contribution in [0, 0.1) is 0 Å². The van der Waals surface area contributed by atoms with Crippen molar-refractivity contribution in [2.75, 3.05) is 0 Å². The number of nitrogens with zero attached hydrogens (tertiary/aromatic N) is 1. The van der Waals surface area contributed by atoms with Gasteiger partial charge in [-0.1, -0.05) is 57.3 Å². The van der Waals surface area contributed by atoms with Gasteiger partial charge in [0.1, 0.15) is 16.9 Å². The van der Waals surface area contributed by atoms with Gasteiger partial charge in [-0.3, -0.25) is 0 Å². The Morgan fingerprint density at radius 3 is 2.47 bits per heavy atom. The van der Waals surface area contributed by atoms with Crippen LogP contribution in [0.4, 0.5) is 0 Å². The maximum atomic E-state index is 11.9. The Morgan fingerprint density at radius 2 is 1.84 bits per heavy atom. The van der Waals surface area contributed by atoms with E-state index in [1.807, 2.05) is 24.3 Å². The lowest BCUT2D eigenvalue weighted by Gasteiger charge is -2.07. The number of esters is 1. The third kappa shape index (κ3) is 3.93. The molecule has 98 valence electrons. The van der Waals surface area contributed by atoms with Crippen molar-refractivity contribution in [1.29, 1.82) is 0 Å². The minimum atomic E-state index is -0.498. The molecule has 19 heavy (non-hydrogen) atoms. The van der Waals surface area contributed by atoms with E-state index in [-0.39, 0.29) is 22.5 Å². The van der Waals surface area contributed by atoms with Crippen LogP contribution in [0.1, 0.15) is 15.9 Å². The third-order valence-electron chi connectivity index (χ3n) is 2.32. The minimum Gasteiger partial charge on any atom is -0.457 e. The quantitative estimate of drug-likeness (QED) is 0.597. The summed E-state index contributed by atoms with van der Waals surface area (Å²) in [5, 5.41) is 0.306. The lowest BCUT2D eigenvalue weighted by atomic mass is 10.2. The zero-order valence-corrected chi connectivity index (χ0v) is 12.7. The monoisotopic (exact) mass is 359 g/mol. The Balaban J connectivity index is 2.08. The van der Waals surface area contributed by atoms with E-state index >= 15 is 0 Å². The molecule has 1 heterocycles. The van der Waals surface area contributed by atoms with E-state index in [4.69, 9.17) is 27.9 Å². The summed E-state index contributed by atoms with van der Waals surface area (Å²) in [6.45, 7) is 0.165. The number of benzene rings is 1. The molecular weight excluding hydrogens is 353 g/mol. The van der Waals surface area contributed by atoms with Gasteiger partial charge in [0.05, 0.1) is 5.56 Å². The molecule has 0 fully saturated rings. The zero-order chi connectivity index (χ0) is 13.8. The molecule has 2 aromatic rings. The Morgan fingerprint density at radius 1 is 1.21 bits per heavy atom. The summed E-state index contributed by atoms with van der Waals surface area (Å²) < 4.78 is 6.07. The first kappa shape index (κ1) is 14.3. The van der Waals surface area contributed by atoms with Crippen LogP contribution in [-0.2, 0) is 11.3 Å². The highest BCUT2D eigenvalue weighted by molar-refractivity contribution is 9.10. The van der Waals surface area contributed by atoms with Crippen molar-refractivity contribution in [3.8, 4) is 0 Å². The van der Waals surface area contributed by atoms with Crippen molar-refractivity contribution in [1.82, 2.24) is 4.98 Å². The molecule has 0 aliphatic carbocycles. The van der Waals surface area contributed by atoms with E-state index in [0.29, 0.717) is 0 Å². The topological polar surface area (TPSA) is 39.2 Å². The van der Waals surface area contributed by atoms with Crippen LogP contribution in [0.3, 0.4) is 0 Å². The summed E-state index contributed by atoms with van der Waals surface area (Å²) in [4.78, 5) is 15.6. The van der Waals surface area contributed by atoms with Crippen molar-refractivity contribution in [2.24, 2.45) is 0 Å². The fraction of sp³-hybridized carbons (Fsp3) is 0.0769. The van der Waals surface area contributed by atoms with Crippen molar-refractivity contribution >= 4 is 45.1 Å². The van der Waals surface area contributed by atoms with Crippen LogP contribution >= 0.6 is 39.1 Å². The predicted molar refractivity (Wildman–Crippen MR) is 77.5 cm³/mol. The fourth-order valence-electron chi connectivity index (χ4n) is 1.42. The van der Waals surface area contributed by atoms with Crippen molar-refractivity contribution < 1.29 is 9.53 Å². The van der Waals surface area contributed by atoms with Crippen LogP contribution in [0.2, 0.25) is 10.3 Å². The smallest absolute Gasteiger partial charge is 0.338 e. The van der Waals surface area contributed by atoms with Crippen molar-refractivity contribution in [3.05, 3.63) is 62.3 Å². The van der Waals surface area contributed by atoms with Gasteiger partial charge in [0.25, 0.3) is 0 Å². The standard InChI is InChI=1S/C13H8BrCl2NO2/c14-10-4-2-1-3-8(10)7-19-13(18)9-5-11(15)17-12(16)6-9/h1-6H,7H2. The molecule has 0 aliphatic rings. The molecule has 0 bridgehead atoms. The number of pyridine rings is 1. The Bertz CT molecular complexity index is 599. The highest BCUT2D eigenvalue weighted by Crippen LogP contribution is 2.19. The summed E-state index contributed by atoms with van der Waals surface area (Å²) in [6, 6.07) is 10.3. The Hall–Kier alpha value is -1.10. The molecule has 0 radical (unpaired) electrons. The summed E-state index contributed by atoms with van der Waals surface area (Å²) in [5.74, 6) is -0.498. The van der Waals surface area contributed by atoms with E-state index in [2.05, 4.69) is 20.9 Å². The number of hydrogen-bond donors (Lipinski definition) is 0. The molecule has 0 N–H and O–H groups in total. The summed E-state index contributed by atoms with van der Waals surface area (Å²) in [6.07, 6.45) is 0. The van der Waals surface area contributed by atoms with Crippen LogP contribution < -0.4 is 0 Å². The van der Waals surface area contributed by atoms with Crippen molar-refractivity contribution in [2.45, 2.75) is 6.61 Å². The fourth-order valence-corrected chi connectivity index (χ4v) is 2.28. The maximum absolute atomic E-state index is 11.9.